The minimum atomic E-state index is -0.770. The van der Waals surface area contributed by atoms with Crippen LogP contribution < -0.4 is 4.74 Å². The van der Waals surface area contributed by atoms with E-state index in [2.05, 4.69) is 0 Å². The Morgan fingerprint density at radius 2 is 1.69 bits per heavy atom. The Morgan fingerprint density at radius 1 is 1.03 bits per heavy atom. The first kappa shape index (κ1) is 23.3. The number of halogens is 1. The number of ether oxygens (including phenoxy) is 3. The predicted octanol–water partition coefficient (Wildman–Crippen LogP) is 4.70. The fourth-order valence-corrected chi connectivity index (χ4v) is 7.98. The number of hydrogen-bond donors (Lipinski definition) is 0. The largest absolute Gasteiger partial charge is 0.493 e. The molecular weight excluding hydrogens is 449 g/mol. The van der Waals surface area contributed by atoms with Gasteiger partial charge >= 0.3 is 5.97 Å². The summed E-state index contributed by atoms with van der Waals surface area (Å²) in [6, 6.07) is 2.32. The molecule has 4 bridgehead atoms. The van der Waals surface area contributed by atoms with Crippen molar-refractivity contribution >= 4 is 11.9 Å². The summed E-state index contributed by atoms with van der Waals surface area (Å²) in [5, 5.41) is 0. The van der Waals surface area contributed by atoms with Gasteiger partial charge in [-0.25, -0.2) is 9.18 Å². The van der Waals surface area contributed by atoms with E-state index in [0.29, 0.717) is 24.7 Å². The second-order valence-corrected chi connectivity index (χ2v) is 11.9. The highest BCUT2D eigenvalue weighted by atomic mass is 19.1. The fourth-order valence-electron chi connectivity index (χ4n) is 7.98. The van der Waals surface area contributed by atoms with Gasteiger partial charge in [0.15, 0.2) is 0 Å². The maximum Gasteiger partial charge on any atom is 0.328 e. The molecule has 1 aliphatic heterocycles. The summed E-state index contributed by atoms with van der Waals surface area (Å²) in [6.07, 6.45) is 9.96. The molecule has 7 rings (SSSR count). The van der Waals surface area contributed by atoms with Crippen molar-refractivity contribution in [2.45, 2.75) is 75.9 Å². The van der Waals surface area contributed by atoms with Crippen LogP contribution in [0.1, 0.15) is 79.6 Å². The van der Waals surface area contributed by atoms with E-state index in [4.69, 9.17) is 14.2 Å². The number of hydrogen-bond acceptors (Lipinski definition) is 5. The van der Waals surface area contributed by atoms with Crippen molar-refractivity contribution in [1.29, 1.82) is 0 Å². The van der Waals surface area contributed by atoms with Crippen molar-refractivity contribution in [3.05, 3.63) is 29.1 Å². The highest BCUT2D eigenvalue weighted by Gasteiger charge is 2.51. The molecule has 0 radical (unpaired) electrons. The molecule has 0 aromatic heterocycles. The normalized spacial score (nSPS) is 35.4. The Bertz CT molecular complexity index is 986. The van der Waals surface area contributed by atoms with Gasteiger partial charge in [0, 0.05) is 31.6 Å². The average Bonchev–Trinajstić information content (AvgIpc) is 3.58. The van der Waals surface area contributed by atoms with E-state index >= 15 is 4.39 Å². The SMILES string of the molecule is COC(=O)[C@@H]1C[C@@H](OC)CN1C(=O)c1cc(C2CC2)c(OCC23CC4CC(CC(C4)C2)C3)cc1F. The molecule has 6 nitrogen and oxygen atoms in total. The predicted molar refractivity (Wildman–Crippen MR) is 127 cm³/mol. The Labute approximate surface area is 206 Å². The van der Waals surface area contributed by atoms with Crippen LogP contribution in [0.4, 0.5) is 4.39 Å². The minimum Gasteiger partial charge on any atom is -0.493 e. The second-order valence-electron chi connectivity index (χ2n) is 11.9. The number of methoxy groups -OCH3 is 2. The third-order valence-electron chi connectivity index (χ3n) is 9.38. The van der Waals surface area contributed by atoms with E-state index in [1.807, 2.05) is 0 Å². The summed E-state index contributed by atoms with van der Waals surface area (Å²) in [5.41, 5.74) is 1.16. The number of esters is 1. The van der Waals surface area contributed by atoms with Crippen molar-refractivity contribution in [3.63, 3.8) is 0 Å². The molecule has 0 spiro atoms. The Balaban J connectivity index is 1.24. The summed E-state index contributed by atoms with van der Waals surface area (Å²) < 4.78 is 32.1. The van der Waals surface area contributed by atoms with E-state index in [9.17, 15) is 9.59 Å². The van der Waals surface area contributed by atoms with Crippen LogP contribution in [0.2, 0.25) is 0 Å². The maximum absolute atomic E-state index is 15.4. The lowest BCUT2D eigenvalue weighted by Crippen LogP contribution is -2.48. The van der Waals surface area contributed by atoms with E-state index in [1.54, 1.807) is 13.2 Å². The van der Waals surface area contributed by atoms with Crippen LogP contribution in [0.3, 0.4) is 0 Å². The minimum absolute atomic E-state index is 0.000268. The molecule has 0 N–H and O–H groups in total. The summed E-state index contributed by atoms with van der Waals surface area (Å²) >= 11 is 0. The van der Waals surface area contributed by atoms with Gasteiger partial charge in [-0.2, -0.15) is 0 Å². The van der Waals surface area contributed by atoms with Gasteiger partial charge in [0.2, 0.25) is 0 Å². The van der Waals surface area contributed by atoms with Crippen LogP contribution in [0.15, 0.2) is 12.1 Å². The first-order valence-corrected chi connectivity index (χ1v) is 13.3. The van der Waals surface area contributed by atoms with Crippen LogP contribution in [0, 0.1) is 29.0 Å². The summed E-state index contributed by atoms with van der Waals surface area (Å²) in [7, 11) is 2.85. The third kappa shape index (κ3) is 4.24. The van der Waals surface area contributed by atoms with Gasteiger partial charge in [0.05, 0.1) is 25.4 Å². The zero-order valence-corrected chi connectivity index (χ0v) is 20.8. The zero-order chi connectivity index (χ0) is 24.3. The molecule has 1 saturated heterocycles. The number of benzene rings is 1. The first-order valence-electron chi connectivity index (χ1n) is 13.3. The lowest BCUT2D eigenvalue weighted by atomic mass is 9.50. The van der Waals surface area contributed by atoms with Gasteiger partial charge in [0.25, 0.3) is 5.91 Å². The molecule has 1 aromatic carbocycles. The highest BCUT2D eigenvalue weighted by Crippen LogP contribution is 2.60. The van der Waals surface area contributed by atoms with E-state index in [1.165, 1.54) is 56.6 Å². The van der Waals surface area contributed by atoms with Crippen molar-refractivity contribution < 1.29 is 28.2 Å². The Hall–Kier alpha value is -2.15. The van der Waals surface area contributed by atoms with Gasteiger partial charge in [-0.1, -0.05) is 0 Å². The Kier molecular flexibility index (Phi) is 5.82. The maximum atomic E-state index is 15.4. The van der Waals surface area contributed by atoms with Crippen LogP contribution in [0.5, 0.6) is 5.75 Å². The fraction of sp³-hybridized carbons (Fsp3) is 0.714. The van der Waals surface area contributed by atoms with Crippen LogP contribution in [-0.2, 0) is 14.3 Å². The first-order chi connectivity index (χ1) is 16.9. The van der Waals surface area contributed by atoms with E-state index in [0.717, 1.165) is 36.2 Å². The Morgan fingerprint density at radius 3 is 2.26 bits per heavy atom. The summed E-state index contributed by atoms with van der Waals surface area (Å²) in [5.74, 6) is 1.82. The molecule has 5 saturated carbocycles. The molecule has 35 heavy (non-hydrogen) atoms. The second kappa shape index (κ2) is 8.75. The van der Waals surface area contributed by atoms with Gasteiger partial charge in [0.1, 0.15) is 17.6 Å². The molecule has 7 heteroatoms. The van der Waals surface area contributed by atoms with Gasteiger partial charge < -0.3 is 19.1 Å². The molecule has 5 aliphatic carbocycles. The number of rotatable bonds is 7. The van der Waals surface area contributed by atoms with Gasteiger partial charge in [-0.3, -0.25) is 4.79 Å². The number of carbonyl (C=O) groups excluding carboxylic acids is 2. The average molecular weight is 486 g/mol. The van der Waals surface area contributed by atoms with Crippen LogP contribution in [0.25, 0.3) is 0 Å². The van der Waals surface area contributed by atoms with Crippen molar-refractivity contribution in [1.82, 2.24) is 4.90 Å². The number of carbonyl (C=O) groups is 2. The van der Waals surface area contributed by atoms with Crippen molar-refractivity contribution in [3.8, 4) is 5.75 Å². The molecule has 190 valence electrons. The molecule has 1 heterocycles. The molecule has 0 unspecified atom stereocenters. The summed E-state index contributed by atoms with van der Waals surface area (Å²) in [4.78, 5) is 27.1. The van der Waals surface area contributed by atoms with Crippen LogP contribution in [-0.4, -0.2) is 56.3 Å². The number of amides is 1. The van der Waals surface area contributed by atoms with E-state index in [-0.39, 0.29) is 23.6 Å². The molecule has 1 aromatic rings. The zero-order valence-electron chi connectivity index (χ0n) is 20.8. The number of likely N-dealkylation sites (tertiary alicyclic amines) is 1. The van der Waals surface area contributed by atoms with Crippen molar-refractivity contribution in [2.75, 3.05) is 27.4 Å². The lowest BCUT2D eigenvalue weighted by Gasteiger charge is -2.56. The third-order valence-corrected chi connectivity index (χ3v) is 9.38. The van der Waals surface area contributed by atoms with Crippen molar-refractivity contribution in [2.24, 2.45) is 23.2 Å². The monoisotopic (exact) mass is 485 g/mol. The molecule has 2 atom stereocenters. The molecule has 6 aliphatic rings. The molecular formula is C28H36FNO5. The highest BCUT2D eigenvalue weighted by molar-refractivity contribution is 5.98. The smallest absolute Gasteiger partial charge is 0.328 e. The van der Waals surface area contributed by atoms with Crippen LogP contribution >= 0.6 is 0 Å². The number of nitrogens with zero attached hydrogens (tertiary/aromatic N) is 1. The quantitative estimate of drug-likeness (QED) is 0.524. The van der Waals surface area contributed by atoms with Gasteiger partial charge in [-0.05, 0) is 86.7 Å². The molecule has 1 amide bonds. The van der Waals surface area contributed by atoms with Gasteiger partial charge in [-0.15, -0.1) is 0 Å². The van der Waals surface area contributed by atoms with E-state index < -0.39 is 23.7 Å². The molecule has 6 fully saturated rings. The standard InChI is InChI=1S/C28H36FNO5/c1-33-20-8-24(27(32)34-2)30(14-20)26(31)22-9-21(19-3-4-19)25(10-23(22)29)35-15-28-11-16-5-17(12-28)7-18(6-16)13-28/h9-10,16-20,24H,3-8,11-15H2,1-2H3/t16?,17?,18?,20-,24+,28?/m1/s1. The summed E-state index contributed by atoms with van der Waals surface area (Å²) in [6.45, 7) is 0.882. The lowest BCUT2D eigenvalue weighted by molar-refractivity contribution is -0.145. The topological polar surface area (TPSA) is 65.1 Å².